The lowest BCUT2D eigenvalue weighted by Crippen LogP contribution is -2.43. The number of piperazine rings is 1. The maximum Gasteiger partial charge on any atom is 0.226 e. The molecule has 6 nitrogen and oxygen atoms in total. The van der Waals surface area contributed by atoms with Crippen LogP contribution in [0.15, 0.2) is 53.9 Å². The quantitative estimate of drug-likeness (QED) is 0.522. The first-order valence-corrected chi connectivity index (χ1v) is 12.4. The van der Waals surface area contributed by atoms with Crippen LogP contribution in [0.1, 0.15) is 23.7 Å². The van der Waals surface area contributed by atoms with Crippen LogP contribution in [0.2, 0.25) is 0 Å². The number of aromatic nitrogens is 1. The summed E-state index contributed by atoms with van der Waals surface area (Å²) in [5.41, 5.74) is 4.17. The van der Waals surface area contributed by atoms with Crippen molar-refractivity contribution in [3.63, 3.8) is 0 Å². The van der Waals surface area contributed by atoms with Crippen molar-refractivity contribution in [1.82, 2.24) is 20.1 Å². The number of rotatable bonds is 9. The Kier molecular flexibility index (Phi) is 8.10. The van der Waals surface area contributed by atoms with Crippen molar-refractivity contribution in [3.05, 3.63) is 70.7 Å². The van der Waals surface area contributed by atoms with E-state index in [4.69, 9.17) is 4.74 Å². The fourth-order valence-electron chi connectivity index (χ4n) is 3.97. The van der Waals surface area contributed by atoms with Crippen molar-refractivity contribution < 1.29 is 9.53 Å². The van der Waals surface area contributed by atoms with E-state index in [0.717, 1.165) is 60.3 Å². The fraction of sp³-hybridized carbons (Fsp3) is 0.385. The number of likely N-dealkylation sites (N-methyl/N-ethyl adjacent to an activating group) is 1. The minimum Gasteiger partial charge on any atom is -0.493 e. The van der Waals surface area contributed by atoms with Crippen LogP contribution in [0.3, 0.4) is 0 Å². The molecule has 2 heterocycles. The number of thiazole rings is 1. The molecule has 0 aliphatic carbocycles. The van der Waals surface area contributed by atoms with Crippen molar-refractivity contribution in [2.75, 3.05) is 39.8 Å². The van der Waals surface area contributed by atoms with Gasteiger partial charge in [0.2, 0.25) is 5.91 Å². The third-order valence-electron chi connectivity index (χ3n) is 5.79. The van der Waals surface area contributed by atoms with E-state index in [1.165, 1.54) is 16.9 Å². The second kappa shape index (κ2) is 11.4. The largest absolute Gasteiger partial charge is 0.493 e. The maximum atomic E-state index is 12.5. The molecule has 0 unspecified atom stereocenters. The van der Waals surface area contributed by atoms with E-state index in [2.05, 4.69) is 51.4 Å². The van der Waals surface area contributed by atoms with E-state index in [-0.39, 0.29) is 12.3 Å². The van der Waals surface area contributed by atoms with Gasteiger partial charge in [-0.25, -0.2) is 4.98 Å². The number of hydrogen-bond donors (Lipinski definition) is 1. The van der Waals surface area contributed by atoms with Crippen LogP contribution in [-0.2, 0) is 24.3 Å². The van der Waals surface area contributed by atoms with E-state index in [1.54, 1.807) is 0 Å². The zero-order chi connectivity index (χ0) is 23.0. The summed E-state index contributed by atoms with van der Waals surface area (Å²) in [6, 6.07) is 16.4. The van der Waals surface area contributed by atoms with Gasteiger partial charge in [0.05, 0.1) is 24.3 Å². The zero-order valence-electron chi connectivity index (χ0n) is 19.4. The molecule has 0 radical (unpaired) electrons. The summed E-state index contributed by atoms with van der Waals surface area (Å²) in [7, 11) is 2.17. The normalized spacial score (nSPS) is 14.8. The zero-order valence-corrected chi connectivity index (χ0v) is 20.2. The van der Waals surface area contributed by atoms with Gasteiger partial charge in [0.25, 0.3) is 0 Å². The number of hydrogen-bond acceptors (Lipinski definition) is 6. The van der Waals surface area contributed by atoms with Gasteiger partial charge in [-0.15, -0.1) is 11.3 Å². The molecule has 3 aromatic rings. The molecule has 1 aromatic heterocycles. The van der Waals surface area contributed by atoms with E-state index < -0.39 is 0 Å². The molecule has 0 saturated carbocycles. The Morgan fingerprint density at radius 2 is 1.88 bits per heavy atom. The highest BCUT2D eigenvalue weighted by Crippen LogP contribution is 2.32. The van der Waals surface area contributed by atoms with Crippen molar-refractivity contribution in [1.29, 1.82) is 0 Å². The van der Waals surface area contributed by atoms with E-state index in [1.807, 2.05) is 36.6 Å². The number of para-hydroxylation sites is 1. The van der Waals surface area contributed by atoms with Crippen molar-refractivity contribution in [2.45, 2.75) is 26.4 Å². The molecule has 0 bridgehead atoms. The average Bonchev–Trinajstić information content (AvgIpc) is 3.28. The third kappa shape index (κ3) is 6.63. The standard InChI is InChI=1S/C26H32N4O2S/c1-3-32-24-10-5-4-9-23(24)26-28-22(19-33-26)16-25(31)27-17-20-7-6-8-21(15-20)18-30-13-11-29(2)12-14-30/h4-10,15,19H,3,11-14,16-18H2,1-2H3,(H,27,31). The average molecular weight is 465 g/mol. The smallest absolute Gasteiger partial charge is 0.226 e. The lowest BCUT2D eigenvalue weighted by Gasteiger charge is -2.32. The number of amides is 1. The van der Waals surface area contributed by atoms with Crippen molar-refractivity contribution >= 4 is 17.2 Å². The molecule has 1 aliphatic heterocycles. The van der Waals surface area contributed by atoms with Crippen molar-refractivity contribution in [3.8, 4) is 16.3 Å². The molecule has 7 heteroatoms. The van der Waals surface area contributed by atoms with Crippen LogP contribution in [0, 0.1) is 0 Å². The first kappa shape index (κ1) is 23.4. The highest BCUT2D eigenvalue weighted by atomic mass is 32.1. The molecule has 1 amide bonds. The number of carbonyl (C=O) groups is 1. The molecule has 1 aliphatic rings. The van der Waals surface area contributed by atoms with Gasteiger partial charge in [0.15, 0.2) is 0 Å². The Hall–Kier alpha value is -2.74. The van der Waals surface area contributed by atoms with Gasteiger partial charge in [0, 0.05) is 44.6 Å². The molecule has 4 rings (SSSR count). The van der Waals surface area contributed by atoms with Crippen LogP contribution < -0.4 is 10.1 Å². The first-order chi connectivity index (χ1) is 16.1. The summed E-state index contributed by atoms with van der Waals surface area (Å²) in [5, 5.41) is 5.87. The number of carbonyl (C=O) groups excluding carboxylic acids is 1. The van der Waals surface area contributed by atoms with Gasteiger partial charge < -0.3 is 15.0 Å². The minimum absolute atomic E-state index is 0.0191. The Bertz CT molecular complexity index is 1060. The van der Waals surface area contributed by atoms with Gasteiger partial charge in [0.1, 0.15) is 10.8 Å². The number of benzene rings is 2. The highest BCUT2D eigenvalue weighted by Gasteiger charge is 2.15. The van der Waals surface area contributed by atoms with Crippen LogP contribution in [-0.4, -0.2) is 60.5 Å². The lowest BCUT2D eigenvalue weighted by molar-refractivity contribution is -0.120. The molecular weight excluding hydrogens is 432 g/mol. The molecule has 1 N–H and O–H groups in total. The topological polar surface area (TPSA) is 57.7 Å². The molecule has 1 saturated heterocycles. The van der Waals surface area contributed by atoms with Gasteiger partial charge in [-0.3, -0.25) is 9.69 Å². The van der Waals surface area contributed by atoms with Gasteiger partial charge in [-0.1, -0.05) is 36.4 Å². The van der Waals surface area contributed by atoms with Crippen LogP contribution >= 0.6 is 11.3 Å². The van der Waals surface area contributed by atoms with Gasteiger partial charge >= 0.3 is 0 Å². The summed E-state index contributed by atoms with van der Waals surface area (Å²) < 4.78 is 5.71. The minimum atomic E-state index is -0.0191. The fourth-order valence-corrected chi connectivity index (χ4v) is 4.82. The molecular formula is C26H32N4O2S. The van der Waals surface area contributed by atoms with Crippen molar-refractivity contribution in [2.24, 2.45) is 0 Å². The van der Waals surface area contributed by atoms with E-state index in [0.29, 0.717) is 13.2 Å². The summed E-state index contributed by atoms with van der Waals surface area (Å²) in [5.74, 6) is 0.802. The Labute approximate surface area is 200 Å². The number of nitrogens with one attached hydrogen (secondary N) is 1. The summed E-state index contributed by atoms with van der Waals surface area (Å²) in [6.45, 7) is 8.49. The summed E-state index contributed by atoms with van der Waals surface area (Å²) in [6.07, 6.45) is 0.272. The molecule has 0 atom stereocenters. The molecule has 33 heavy (non-hydrogen) atoms. The molecule has 0 spiro atoms. The van der Waals surface area contributed by atoms with Crippen LogP contribution in [0.4, 0.5) is 0 Å². The summed E-state index contributed by atoms with van der Waals surface area (Å²) in [4.78, 5) is 22.1. The lowest BCUT2D eigenvalue weighted by atomic mass is 10.1. The Balaban J connectivity index is 1.30. The maximum absolute atomic E-state index is 12.5. The predicted octanol–water partition coefficient (Wildman–Crippen LogP) is 3.82. The Morgan fingerprint density at radius 1 is 1.09 bits per heavy atom. The van der Waals surface area contributed by atoms with E-state index >= 15 is 0 Å². The SMILES string of the molecule is CCOc1ccccc1-c1nc(CC(=O)NCc2cccc(CN3CCN(C)CC3)c2)cs1. The monoisotopic (exact) mass is 464 g/mol. The third-order valence-corrected chi connectivity index (χ3v) is 6.72. The number of ether oxygens (including phenoxy) is 1. The van der Waals surface area contributed by atoms with E-state index in [9.17, 15) is 4.79 Å². The number of nitrogens with zero attached hydrogens (tertiary/aromatic N) is 3. The second-order valence-corrected chi connectivity index (χ2v) is 9.28. The molecule has 174 valence electrons. The van der Waals surface area contributed by atoms with Crippen LogP contribution in [0.25, 0.3) is 10.6 Å². The van der Waals surface area contributed by atoms with Gasteiger partial charge in [-0.2, -0.15) is 0 Å². The predicted molar refractivity (Wildman–Crippen MR) is 133 cm³/mol. The first-order valence-electron chi connectivity index (χ1n) is 11.5. The van der Waals surface area contributed by atoms with Gasteiger partial charge in [-0.05, 0) is 37.2 Å². The molecule has 2 aromatic carbocycles. The molecule has 1 fully saturated rings. The summed E-state index contributed by atoms with van der Waals surface area (Å²) >= 11 is 1.54. The van der Waals surface area contributed by atoms with Crippen LogP contribution in [0.5, 0.6) is 5.75 Å². The Morgan fingerprint density at radius 3 is 2.70 bits per heavy atom. The highest BCUT2D eigenvalue weighted by molar-refractivity contribution is 7.13. The second-order valence-electron chi connectivity index (χ2n) is 8.43.